The number of rotatable bonds is 2. The minimum atomic E-state index is 0.458. The van der Waals surface area contributed by atoms with Gasteiger partial charge in [0.1, 0.15) is 0 Å². The van der Waals surface area contributed by atoms with Crippen molar-refractivity contribution in [1.82, 2.24) is 4.90 Å². The molecular weight excluding hydrogens is 172 g/mol. The van der Waals surface area contributed by atoms with Crippen molar-refractivity contribution in [3.05, 3.63) is 49.4 Å². The summed E-state index contributed by atoms with van der Waals surface area (Å²) in [6.07, 6.45) is 4.06. The van der Waals surface area contributed by atoms with E-state index >= 15 is 0 Å². The molecule has 1 aromatic rings. The predicted octanol–water partition coefficient (Wildman–Crippen LogP) is 2.68. The third kappa shape index (κ3) is 1.74. The summed E-state index contributed by atoms with van der Waals surface area (Å²) in [5, 5.41) is 0. The van der Waals surface area contributed by atoms with Crippen LogP contribution in [0.15, 0.2) is 42.7 Å². The summed E-state index contributed by atoms with van der Waals surface area (Å²) in [4.78, 5) is 4.06. The van der Waals surface area contributed by atoms with E-state index in [0.717, 1.165) is 5.69 Å². The average Bonchev–Trinajstić information content (AvgIpc) is 2.68. The smallest absolute Gasteiger partial charge is 0.213 e. The van der Waals surface area contributed by atoms with Gasteiger partial charge < -0.3 is 9.80 Å². The third-order valence-electron chi connectivity index (χ3n) is 2.19. The summed E-state index contributed by atoms with van der Waals surface area (Å²) in [7, 11) is 0. The predicted molar refractivity (Wildman–Crippen MR) is 58.3 cm³/mol. The molecule has 14 heavy (non-hydrogen) atoms. The van der Waals surface area contributed by atoms with E-state index in [-0.39, 0.29) is 0 Å². The Labute approximate surface area is 85.4 Å². The van der Waals surface area contributed by atoms with Crippen LogP contribution in [0.25, 0.3) is 0 Å². The first-order valence-corrected chi connectivity index (χ1v) is 4.84. The maximum absolute atomic E-state index is 3.26. The quantitative estimate of drug-likeness (QED) is 0.700. The molecule has 1 aliphatic rings. The van der Waals surface area contributed by atoms with E-state index in [1.807, 2.05) is 35.5 Å². The lowest BCUT2D eigenvalue weighted by Gasteiger charge is -2.21. The highest BCUT2D eigenvalue weighted by molar-refractivity contribution is 5.52. The molecule has 2 nitrogen and oxygen atoms in total. The molecule has 72 valence electrons. The monoisotopic (exact) mass is 186 g/mol. The number of nitrogens with zero attached hydrogens (tertiary/aromatic N) is 2. The lowest BCUT2D eigenvalue weighted by molar-refractivity contribution is 0.387. The molecule has 0 fully saturated rings. The Balaban J connectivity index is 2.08. The molecule has 0 saturated heterocycles. The molecule has 0 unspecified atom stereocenters. The largest absolute Gasteiger partial charge is 0.343 e. The summed E-state index contributed by atoms with van der Waals surface area (Å²) >= 11 is 0. The van der Waals surface area contributed by atoms with Gasteiger partial charge in [-0.25, -0.2) is 0 Å². The molecule has 1 aliphatic heterocycles. The van der Waals surface area contributed by atoms with Crippen LogP contribution in [0.1, 0.15) is 13.8 Å². The molecule has 0 aromatic heterocycles. The highest BCUT2D eigenvalue weighted by Crippen LogP contribution is 2.22. The third-order valence-corrected chi connectivity index (χ3v) is 2.19. The standard InChI is InChI=1S/C12H14N2/c1-11(2)13-8-9-14(10-13)12-6-4-3-5-7-12/h3-9,11H,1-2H3. The topological polar surface area (TPSA) is 6.48 Å². The Bertz CT molecular complexity index is 316. The Hall–Kier alpha value is -1.44. The zero-order valence-corrected chi connectivity index (χ0v) is 8.51. The van der Waals surface area contributed by atoms with Gasteiger partial charge in [-0.15, -0.1) is 0 Å². The van der Waals surface area contributed by atoms with Crippen molar-refractivity contribution < 1.29 is 0 Å². The van der Waals surface area contributed by atoms with Crippen LogP contribution in [0.3, 0.4) is 0 Å². The van der Waals surface area contributed by atoms with Crippen molar-refractivity contribution in [2.24, 2.45) is 0 Å². The van der Waals surface area contributed by atoms with Crippen LogP contribution in [0, 0.1) is 6.67 Å². The summed E-state index contributed by atoms with van der Waals surface area (Å²) in [6, 6.07) is 10.7. The van der Waals surface area contributed by atoms with Gasteiger partial charge in [-0.05, 0) is 26.0 Å². The molecular formula is C12H14N2. The van der Waals surface area contributed by atoms with Crippen LogP contribution < -0.4 is 4.90 Å². The Morgan fingerprint density at radius 1 is 1.07 bits per heavy atom. The molecule has 2 heteroatoms. The van der Waals surface area contributed by atoms with Gasteiger partial charge >= 0.3 is 0 Å². The molecule has 2 rings (SSSR count). The lowest BCUT2D eigenvalue weighted by atomic mass is 10.3. The average molecular weight is 186 g/mol. The summed E-state index contributed by atoms with van der Waals surface area (Å²) in [5.41, 5.74) is 1.15. The minimum Gasteiger partial charge on any atom is -0.343 e. The van der Waals surface area contributed by atoms with Gasteiger partial charge in [0.25, 0.3) is 0 Å². The van der Waals surface area contributed by atoms with Crippen LogP contribution in [0.4, 0.5) is 5.69 Å². The second-order valence-corrected chi connectivity index (χ2v) is 3.60. The Morgan fingerprint density at radius 3 is 2.36 bits per heavy atom. The fourth-order valence-corrected chi connectivity index (χ4v) is 1.35. The number of benzene rings is 1. The number of para-hydroxylation sites is 1. The second-order valence-electron chi connectivity index (χ2n) is 3.60. The summed E-state index contributed by atoms with van der Waals surface area (Å²) in [5.74, 6) is 0. The van der Waals surface area contributed by atoms with E-state index in [2.05, 4.69) is 37.5 Å². The fourth-order valence-electron chi connectivity index (χ4n) is 1.35. The summed E-state index contributed by atoms with van der Waals surface area (Å²) in [6.45, 7) is 7.55. The van der Waals surface area contributed by atoms with Crippen LogP contribution >= 0.6 is 0 Å². The molecule has 1 heterocycles. The Morgan fingerprint density at radius 2 is 1.79 bits per heavy atom. The van der Waals surface area contributed by atoms with Gasteiger partial charge in [0.2, 0.25) is 6.67 Å². The van der Waals surface area contributed by atoms with Gasteiger partial charge in [-0.1, -0.05) is 18.2 Å². The van der Waals surface area contributed by atoms with E-state index in [1.165, 1.54) is 0 Å². The maximum Gasteiger partial charge on any atom is 0.213 e. The van der Waals surface area contributed by atoms with Crippen LogP contribution in [0.2, 0.25) is 0 Å². The van der Waals surface area contributed by atoms with Crippen molar-refractivity contribution in [1.29, 1.82) is 0 Å². The van der Waals surface area contributed by atoms with E-state index in [1.54, 1.807) is 0 Å². The number of anilines is 1. The van der Waals surface area contributed by atoms with E-state index < -0.39 is 0 Å². The zero-order chi connectivity index (χ0) is 9.97. The zero-order valence-electron chi connectivity index (χ0n) is 8.51. The van der Waals surface area contributed by atoms with Crippen molar-refractivity contribution in [2.45, 2.75) is 19.9 Å². The van der Waals surface area contributed by atoms with Gasteiger partial charge in [0, 0.05) is 24.1 Å². The number of hydrogen-bond acceptors (Lipinski definition) is 2. The molecule has 0 atom stereocenters. The highest BCUT2D eigenvalue weighted by atomic mass is 15.3. The van der Waals surface area contributed by atoms with Crippen LogP contribution in [0.5, 0.6) is 0 Å². The summed E-state index contributed by atoms with van der Waals surface area (Å²) < 4.78 is 0. The second kappa shape index (κ2) is 3.74. The molecule has 0 N–H and O–H groups in total. The lowest BCUT2D eigenvalue weighted by Crippen LogP contribution is -2.24. The fraction of sp³-hybridized carbons (Fsp3) is 0.250. The van der Waals surface area contributed by atoms with Gasteiger partial charge in [0.05, 0.1) is 0 Å². The molecule has 0 saturated carbocycles. The maximum atomic E-state index is 3.26. The first-order chi connectivity index (χ1) is 6.77. The van der Waals surface area contributed by atoms with Gasteiger partial charge in [0.15, 0.2) is 0 Å². The van der Waals surface area contributed by atoms with E-state index in [9.17, 15) is 0 Å². The van der Waals surface area contributed by atoms with Gasteiger partial charge in [-0.3, -0.25) is 0 Å². The normalized spacial score (nSPS) is 15.6. The van der Waals surface area contributed by atoms with Crippen LogP contribution in [-0.2, 0) is 0 Å². The minimum absolute atomic E-state index is 0.458. The first kappa shape index (κ1) is 9.13. The molecule has 2 radical (unpaired) electrons. The van der Waals surface area contributed by atoms with Crippen molar-refractivity contribution in [3.8, 4) is 0 Å². The molecule has 0 bridgehead atoms. The first-order valence-electron chi connectivity index (χ1n) is 4.84. The molecule has 1 aromatic carbocycles. The van der Waals surface area contributed by atoms with E-state index in [4.69, 9.17) is 0 Å². The molecule has 0 aliphatic carbocycles. The SMILES string of the molecule is CC(C)N1[C]N(c2ccccc2)C=C1. The van der Waals surface area contributed by atoms with Crippen molar-refractivity contribution >= 4 is 5.69 Å². The number of hydrogen-bond donors (Lipinski definition) is 0. The van der Waals surface area contributed by atoms with E-state index in [0.29, 0.717) is 6.04 Å². The highest BCUT2D eigenvalue weighted by Gasteiger charge is 2.17. The van der Waals surface area contributed by atoms with Gasteiger partial charge in [-0.2, -0.15) is 0 Å². The molecule has 0 amide bonds. The van der Waals surface area contributed by atoms with Crippen molar-refractivity contribution in [3.63, 3.8) is 0 Å². The Kier molecular flexibility index (Phi) is 2.44. The van der Waals surface area contributed by atoms with Crippen molar-refractivity contribution in [2.75, 3.05) is 4.90 Å². The molecule has 0 spiro atoms. The van der Waals surface area contributed by atoms with Crippen LogP contribution in [-0.4, -0.2) is 10.9 Å².